The molecule has 5 aliphatic carbocycles. The SMILES string of the molecule is CC(C)C1=C[C@@]23CC[C@H]4[C@](C)(CCC[C@@]4(C)C(=O)O)[C@@H]2C[C@@H]1[C@H]1C(=O)N(Cc2ccccc2)C(=O)[C@@H]13. The van der Waals surface area contributed by atoms with E-state index in [1.54, 1.807) is 4.90 Å². The summed E-state index contributed by atoms with van der Waals surface area (Å²) in [5, 5.41) is 10.3. The minimum Gasteiger partial charge on any atom is -0.481 e. The van der Waals surface area contributed by atoms with Crippen molar-refractivity contribution in [1.82, 2.24) is 4.90 Å². The number of nitrogens with zero attached hydrogens (tertiary/aromatic N) is 1. The monoisotopic (exact) mass is 489 g/mol. The third kappa shape index (κ3) is 2.92. The number of carbonyl (C=O) groups is 3. The number of hydrogen-bond acceptors (Lipinski definition) is 3. The normalized spacial score (nSPS) is 43.2. The molecule has 0 aromatic heterocycles. The maximum Gasteiger partial charge on any atom is 0.309 e. The van der Waals surface area contributed by atoms with Gasteiger partial charge in [-0.1, -0.05) is 69.2 Å². The lowest BCUT2D eigenvalue weighted by molar-refractivity contribution is -0.194. The molecule has 7 rings (SSSR count). The van der Waals surface area contributed by atoms with E-state index < -0.39 is 11.4 Å². The molecule has 1 heterocycles. The first kappa shape index (κ1) is 23.9. The minimum absolute atomic E-state index is 0.00136. The molecule has 2 bridgehead atoms. The number of imide groups is 1. The van der Waals surface area contributed by atoms with E-state index in [4.69, 9.17) is 0 Å². The smallest absolute Gasteiger partial charge is 0.309 e. The third-order valence-corrected chi connectivity index (χ3v) is 11.4. The number of carbonyl (C=O) groups excluding carboxylic acids is 2. The molecule has 1 N–H and O–H groups in total. The molecule has 0 radical (unpaired) electrons. The molecule has 2 amide bonds. The Kier molecular flexibility index (Phi) is 5.18. The van der Waals surface area contributed by atoms with Gasteiger partial charge in [-0.25, -0.2) is 0 Å². The predicted octanol–water partition coefficient (Wildman–Crippen LogP) is 5.70. The van der Waals surface area contributed by atoms with E-state index in [1.807, 2.05) is 37.3 Å². The molecule has 3 saturated carbocycles. The second-order valence-corrected chi connectivity index (χ2v) is 13.2. The van der Waals surface area contributed by atoms with Gasteiger partial charge in [0.25, 0.3) is 0 Å². The Bertz CT molecular complexity index is 1160. The number of allylic oxidation sites excluding steroid dienone is 2. The summed E-state index contributed by atoms with van der Waals surface area (Å²) in [6.45, 7) is 9.05. The van der Waals surface area contributed by atoms with Crippen molar-refractivity contribution in [2.75, 3.05) is 0 Å². The molecule has 5 nitrogen and oxygen atoms in total. The average molecular weight is 490 g/mol. The molecule has 192 valence electrons. The number of fused-ring (bicyclic) bond motifs is 1. The van der Waals surface area contributed by atoms with Crippen LogP contribution in [0.1, 0.15) is 71.8 Å². The topological polar surface area (TPSA) is 74.7 Å². The van der Waals surface area contributed by atoms with Gasteiger partial charge < -0.3 is 5.11 Å². The third-order valence-electron chi connectivity index (χ3n) is 11.4. The lowest BCUT2D eigenvalue weighted by atomic mass is 9.34. The van der Waals surface area contributed by atoms with Crippen molar-refractivity contribution in [2.45, 2.75) is 72.8 Å². The summed E-state index contributed by atoms with van der Waals surface area (Å²) >= 11 is 0. The van der Waals surface area contributed by atoms with Crippen LogP contribution in [0.3, 0.4) is 0 Å². The van der Waals surface area contributed by atoms with E-state index in [-0.39, 0.29) is 52.2 Å². The van der Waals surface area contributed by atoms with Gasteiger partial charge in [-0.3, -0.25) is 19.3 Å². The number of hydrogen-bond donors (Lipinski definition) is 1. The van der Waals surface area contributed by atoms with Crippen LogP contribution < -0.4 is 0 Å². The van der Waals surface area contributed by atoms with E-state index in [2.05, 4.69) is 26.8 Å². The molecule has 6 aliphatic rings. The number of carboxylic acid groups (broad SMARTS) is 1. The second kappa shape index (κ2) is 7.79. The van der Waals surface area contributed by atoms with Gasteiger partial charge in [-0.05, 0) is 73.7 Å². The van der Waals surface area contributed by atoms with E-state index >= 15 is 0 Å². The fourth-order valence-corrected chi connectivity index (χ4v) is 9.94. The van der Waals surface area contributed by atoms with Gasteiger partial charge in [0.15, 0.2) is 0 Å². The highest BCUT2D eigenvalue weighted by Crippen LogP contribution is 2.74. The molecule has 1 aliphatic heterocycles. The Morgan fingerprint density at radius 1 is 1.06 bits per heavy atom. The molecule has 36 heavy (non-hydrogen) atoms. The van der Waals surface area contributed by atoms with E-state index in [1.165, 1.54) is 5.57 Å². The molecule has 4 fully saturated rings. The maximum absolute atomic E-state index is 14.2. The van der Waals surface area contributed by atoms with Crippen molar-refractivity contribution >= 4 is 17.8 Å². The van der Waals surface area contributed by atoms with Crippen LogP contribution in [0, 0.1) is 51.8 Å². The predicted molar refractivity (Wildman–Crippen MR) is 136 cm³/mol. The number of amides is 2. The second-order valence-electron chi connectivity index (χ2n) is 13.2. The van der Waals surface area contributed by atoms with Gasteiger partial charge in [0.1, 0.15) is 0 Å². The van der Waals surface area contributed by atoms with Gasteiger partial charge in [0.05, 0.1) is 23.8 Å². The van der Waals surface area contributed by atoms with Crippen molar-refractivity contribution in [3.8, 4) is 0 Å². The van der Waals surface area contributed by atoms with Gasteiger partial charge in [-0.2, -0.15) is 0 Å². The molecule has 1 aromatic rings. The van der Waals surface area contributed by atoms with Crippen LogP contribution in [0.5, 0.6) is 0 Å². The average Bonchev–Trinajstić information content (AvgIpc) is 3.11. The van der Waals surface area contributed by atoms with E-state index in [0.29, 0.717) is 12.5 Å². The van der Waals surface area contributed by atoms with Crippen LogP contribution in [0.4, 0.5) is 0 Å². The zero-order valence-corrected chi connectivity index (χ0v) is 22.0. The molecule has 1 saturated heterocycles. The molecular formula is C31H39NO4. The number of benzene rings is 1. The molecule has 0 unspecified atom stereocenters. The number of likely N-dealkylation sites (tertiary alicyclic amines) is 1. The van der Waals surface area contributed by atoms with Gasteiger partial charge >= 0.3 is 5.97 Å². The van der Waals surface area contributed by atoms with Gasteiger partial charge in [-0.15, -0.1) is 0 Å². The van der Waals surface area contributed by atoms with Crippen molar-refractivity contribution in [1.29, 1.82) is 0 Å². The number of aliphatic carboxylic acids is 1. The van der Waals surface area contributed by atoms with Crippen LogP contribution in [0.25, 0.3) is 0 Å². The van der Waals surface area contributed by atoms with Gasteiger partial charge in [0.2, 0.25) is 11.8 Å². The Hall–Kier alpha value is -2.43. The van der Waals surface area contributed by atoms with Gasteiger partial charge in [0, 0.05) is 5.41 Å². The first-order chi connectivity index (χ1) is 17.0. The Morgan fingerprint density at radius 3 is 2.44 bits per heavy atom. The van der Waals surface area contributed by atoms with E-state index in [9.17, 15) is 19.5 Å². The number of rotatable bonds is 4. The summed E-state index contributed by atoms with van der Waals surface area (Å²) in [5.41, 5.74) is 1.14. The van der Waals surface area contributed by atoms with Crippen LogP contribution >= 0.6 is 0 Å². The molecular weight excluding hydrogens is 450 g/mol. The summed E-state index contributed by atoms with van der Waals surface area (Å²) in [6.07, 6.45) is 7.63. The first-order valence-corrected chi connectivity index (χ1v) is 13.9. The minimum atomic E-state index is -0.718. The summed E-state index contributed by atoms with van der Waals surface area (Å²) < 4.78 is 0. The first-order valence-electron chi connectivity index (χ1n) is 13.9. The fraction of sp³-hybridized carbons (Fsp3) is 0.645. The lowest BCUT2D eigenvalue weighted by Crippen LogP contribution is -2.65. The van der Waals surface area contributed by atoms with Crippen molar-refractivity contribution < 1.29 is 19.5 Å². The molecule has 1 spiro atoms. The Morgan fingerprint density at radius 2 is 1.78 bits per heavy atom. The van der Waals surface area contributed by atoms with Crippen LogP contribution in [0.2, 0.25) is 0 Å². The Balaban J connectivity index is 1.45. The quantitative estimate of drug-likeness (QED) is 0.435. The molecule has 1 aromatic carbocycles. The van der Waals surface area contributed by atoms with Crippen LogP contribution in [0.15, 0.2) is 42.0 Å². The highest BCUT2D eigenvalue weighted by atomic mass is 16.4. The maximum atomic E-state index is 14.2. The summed E-state index contributed by atoms with van der Waals surface area (Å²) in [4.78, 5) is 42.2. The lowest BCUT2D eigenvalue weighted by Gasteiger charge is -2.68. The standard InChI is InChI=1S/C31H39NO4/c1-18(2)21-16-31-14-11-22-29(3,12-8-13-30(22,4)28(35)36)23(31)15-20(21)24-25(31)27(34)32(26(24)33)17-19-9-6-5-7-10-19/h5-7,9-10,16,18,20,22-25H,8,11-15,17H2,1-4H3,(H,35,36)/t20-,22-,23-,24+,25+,29-,30+,31-/m0/s1. The van der Waals surface area contributed by atoms with Crippen molar-refractivity contribution in [3.05, 3.63) is 47.5 Å². The molecule has 5 heteroatoms. The zero-order chi connectivity index (χ0) is 25.6. The zero-order valence-electron chi connectivity index (χ0n) is 22.0. The highest BCUT2D eigenvalue weighted by molar-refractivity contribution is 6.06. The highest BCUT2D eigenvalue weighted by Gasteiger charge is 2.73. The number of carboxylic acids is 1. The van der Waals surface area contributed by atoms with Crippen LogP contribution in [-0.2, 0) is 20.9 Å². The fourth-order valence-electron chi connectivity index (χ4n) is 9.94. The summed E-state index contributed by atoms with van der Waals surface area (Å²) in [7, 11) is 0. The van der Waals surface area contributed by atoms with Crippen molar-refractivity contribution in [2.24, 2.45) is 51.8 Å². The Labute approximate surface area is 214 Å². The van der Waals surface area contributed by atoms with Crippen LogP contribution in [-0.4, -0.2) is 27.8 Å². The van der Waals surface area contributed by atoms with E-state index in [0.717, 1.165) is 44.1 Å². The summed E-state index contributed by atoms with van der Waals surface area (Å²) in [6, 6.07) is 9.82. The molecule has 8 atom stereocenters. The largest absolute Gasteiger partial charge is 0.481 e. The summed E-state index contributed by atoms with van der Waals surface area (Å²) in [5.74, 6) is -0.486. The van der Waals surface area contributed by atoms with Crippen molar-refractivity contribution in [3.63, 3.8) is 0 Å².